The maximum absolute atomic E-state index is 6.09. The van der Waals surface area contributed by atoms with Crippen LogP contribution in [0.15, 0.2) is 0 Å². The van der Waals surface area contributed by atoms with Crippen molar-refractivity contribution in [2.45, 2.75) is 57.0 Å². The van der Waals surface area contributed by atoms with Gasteiger partial charge >= 0.3 is 0 Å². The van der Waals surface area contributed by atoms with Gasteiger partial charge in [0.1, 0.15) is 0 Å². The van der Waals surface area contributed by atoms with Gasteiger partial charge in [0.25, 0.3) is 0 Å². The van der Waals surface area contributed by atoms with Gasteiger partial charge in [-0.05, 0) is 31.6 Å². The second-order valence-electron chi connectivity index (χ2n) is 4.74. The lowest BCUT2D eigenvalue weighted by molar-refractivity contribution is 0.251. The zero-order valence-corrected chi connectivity index (χ0v) is 8.47. The Morgan fingerprint density at radius 2 is 1.77 bits per heavy atom. The Bertz CT molecular complexity index is 148. The third-order valence-electron chi connectivity index (χ3n) is 3.75. The summed E-state index contributed by atoms with van der Waals surface area (Å²) in [4.78, 5) is 0. The van der Waals surface area contributed by atoms with Gasteiger partial charge in [0.2, 0.25) is 0 Å². The predicted octanol–water partition coefficient (Wildman–Crippen LogP) is 1.65. The van der Waals surface area contributed by atoms with E-state index in [2.05, 4.69) is 5.32 Å². The van der Waals surface area contributed by atoms with Gasteiger partial charge in [0.15, 0.2) is 0 Å². The largest absolute Gasteiger partial charge is 0.326 e. The van der Waals surface area contributed by atoms with Crippen molar-refractivity contribution >= 4 is 0 Å². The van der Waals surface area contributed by atoms with E-state index in [1.807, 2.05) is 0 Å². The van der Waals surface area contributed by atoms with E-state index < -0.39 is 0 Å². The first kappa shape index (κ1) is 9.47. The van der Waals surface area contributed by atoms with Crippen molar-refractivity contribution in [1.82, 2.24) is 5.32 Å². The average molecular weight is 182 g/mol. The Balaban J connectivity index is 1.60. The van der Waals surface area contributed by atoms with Crippen LogP contribution < -0.4 is 11.1 Å². The molecule has 2 saturated carbocycles. The number of nitrogens with two attached hydrogens (primary N) is 1. The van der Waals surface area contributed by atoms with Crippen LogP contribution in [-0.2, 0) is 0 Å². The van der Waals surface area contributed by atoms with Crippen LogP contribution in [-0.4, -0.2) is 18.6 Å². The maximum Gasteiger partial charge on any atom is 0.0194 e. The second kappa shape index (κ2) is 4.43. The Morgan fingerprint density at radius 3 is 2.31 bits per heavy atom. The molecule has 0 aromatic rings. The molecule has 0 heterocycles. The van der Waals surface area contributed by atoms with Gasteiger partial charge in [-0.1, -0.05) is 19.3 Å². The van der Waals surface area contributed by atoms with Crippen LogP contribution in [0.1, 0.15) is 44.9 Å². The summed E-state index contributed by atoms with van der Waals surface area (Å²) >= 11 is 0. The summed E-state index contributed by atoms with van der Waals surface area (Å²) in [5, 5.41) is 3.61. The second-order valence-corrected chi connectivity index (χ2v) is 4.74. The van der Waals surface area contributed by atoms with Crippen LogP contribution in [0.25, 0.3) is 0 Å². The molecule has 0 amide bonds. The Hall–Kier alpha value is -0.0800. The summed E-state index contributed by atoms with van der Waals surface area (Å²) in [6, 6.07) is 1.21. The molecule has 2 aliphatic rings. The van der Waals surface area contributed by atoms with E-state index >= 15 is 0 Å². The van der Waals surface area contributed by atoms with Crippen LogP contribution in [0.2, 0.25) is 0 Å². The molecule has 0 bridgehead atoms. The normalized spacial score (nSPS) is 27.5. The highest BCUT2D eigenvalue weighted by Crippen LogP contribution is 2.28. The maximum atomic E-state index is 6.09. The Kier molecular flexibility index (Phi) is 3.23. The molecule has 2 aliphatic carbocycles. The third kappa shape index (κ3) is 2.44. The van der Waals surface area contributed by atoms with Crippen LogP contribution >= 0.6 is 0 Å². The fourth-order valence-electron chi connectivity index (χ4n) is 2.47. The standard InChI is InChI=1S/C11H22N2/c12-11(9-4-3-5-9)8-13-10-6-1-2-7-10/h9-11,13H,1-8,12H2. The molecule has 2 heteroatoms. The highest BCUT2D eigenvalue weighted by atomic mass is 14.9. The van der Waals surface area contributed by atoms with Crippen LogP contribution in [0.3, 0.4) is 0 Å². The van der Waals surface area contributed by atoms with E-state index in [4.69, 9.17) is 5.73 Å². The fraction of sp³-hybridized carbons (Fsp3) is 1.00. The highest BCUT2D eigenvalue weighted by Gasteiger charge is 2.25. The minimum Gasteiger partial charge on any atom is -0.326 e. The van der Waals surface area contributed by atoms with E-state index in [0.29, 0.717) is 6.04 Å². The van der Waals surface area contributed by atoms with E-state index in [-0.39, 0.29) is 0 Å². The lowest BCUT2D eigenvalue weighted by Gasteiger charge is -2.32. The lowest BCUT2D eigenvalue weighted by atomic mass is 9.80. The molecule has 2 nitrogen and oxygen atoms in total. The summed E-state index contributed by atoms with van der Waals surface area (Å²) in [6.45, 7) is 1.05. The zero-order valence-electron chi connectivity index (χ0n) is 8.47. The summed E-state index contributed by atoms with van der Waals surface area (Å²) in [6.07, 6.45) is 9.71. The minimum absolute atomic E-state index is 0.425. The first-order valence-electron chi connectivity index (χ1n) is 5.85. The third-order valence-corrected chi connectivity index (χ3v) is 3.75. The van der Waals surface area contributed by atoms with E-state index in [1.165, 1.54) is 44.9 Å². The summed E-state index contributed by atoms with van der Waals surface area (Å²) in [7, 11) is 0. The lowest BCUT2D eigenvalue weighted by Crippen LogP contribution is -2.45. The van der Waals surface area contributed by atoms with Gasteiger partial charge < -0.3 is 11.1 Å². The molecule has 0 radical (unpaired) electrons. The van der Waals surface area contributed by atoms with Crippen molar-refractivity contribution in [3.63, 3.8) is 0 Å². The smallest absolute Gasteiger partial charge is 0.0194 e. The molecule has 2 fully saturated rings. The van der Waals surface area contributed by atoms with Crippen LogP contribution in [0.4, 0.5) is 0 Å². The molecular formula is C11H22N2. The van der Waals surface area contributed by atoms with Crippen molar-refractivity contribution in [3.8, 4) is 0 Å². The molecule has 0 saturated heterocycles. The molecule has 0 aliphatic heterocycles. The van der Waals surface area contributed by atoms with Crippen molar-refractivity contribution in [3.05, 3.63) is 0 Å². The SMILES string of the molecule is NC(CNC1CCCC1)C1CCC1. The zero-order chi connectivity index (χ0) is 9.10. The summed E-state index contributed by atoms with van der Waals surface area (Å²) in [5.74, 6) is 0.828. The Morgan fingerprint density at radius 1 is 1.08 bits per heavy atom. The number of hydrogen-bond acceptors (Lipinski definition) is 2. The Labute approximate surface area is 81.3 Å². The van der Waals surface area contributed by atoms with E-state index in [1.54, 1.807) is 0 Å². The molecule has 3 N–H and O–H groups in total. The molecule has 0 aromatic heterocycles. The number of rotatable bonds is 4. The van der Waals surface area contributed by atoms with Gasteiger partial charge in [-0.25, -0.2) is 0 Å². The molecule has 1 unspecified atom stereocenters. The molecule has 1 atom stereocenters. The van der Waals surface area contributed by atoms with Crippen molar-refractivity contribution in [2.75, 3.05) is 6.54 Å². The predicted molar refractivity (Wildman–Crippen MR) is 55.6 cm³/mol. The number of nitrogens with one attached hydrogen (secondary N) is 1. The first-order chi connectivity index (χ1) is 6.36. The van der Waals surface area contributed by atoms with Gasteiger partial charge in [0, 0.05) is 18.6 Å². The topological polar surface area (TPSA) is 38.0 Å². The van der Waals surface area contributed by atoms with Gasteiger partial charge in [-0.2, -0.15) is 0 Å². The van der Waals surface area contributed by atoms with Gasteiger partial charge in [0.05, 0.1) is 0 Å². The fourth-order valence-corrected chi connectivity index (χ4v) is 2.47. The van der Waals surface area contributed by atoms with Crippen molar-refractivity contribution in [1.29, 1.82) is 0 Å². The quantitative estimate of drug-likeness (QED) is 0.693. The molecule has 13 heavy (non-hydrogen) atoms. The average Bonchev–Trinajstić information content (AvgIpc) is 2.49. The van der Waals surface area contributed by atoms with Crippen molar-refractivity contribution < 1.29 is 0 Å². The first-order valence-corrected chi connectivity index (χ1v) is 5.85. The minimum atomic E-state index is 0.425. The highest BCUT2D eigenvalue weighted by molar-refractivity contribution is 4.83. The summed E-state index contributed by atoms with van der Waals surface area (Å²) < 4.78 is 0. The molecule has 2 rings (SSSR count). The van der Waals surface area contributed by atoms with Gasteiger partial charge in [-0.3, -0.25) is 0 Å². The molecule has 76 valence electrons. The van der Waals surface area contributed by atoms with Crippen LogP contribution in [0.5, 0.6) is 0 Å². The number of hydrogen-bond donors (Lipinski definition) is 2. The molecular weight excluding hydrogens is 160 g/mol. The monoisotopic (exact) mass is 182 g/mol. The van der Waals surface area contributed by atoms with Gasteiger partial charge in [-0.15, -0.1) is 0 Å². The molecule has 0 spiro atoms. The summed E-state index contributed by atoms with van der Waals surface area (Å²) in [5.41, 5.74) is 6.09. The van der Waals surface area contributed by atoms with E-state index in [0.717, 1.165) is 18.5 Å². The molecule has 0 aromatic carbocycles. The van der Waals surface area contributed by atoms with E-state index in [9.17, 15) is 0 Å². The van der Waals surface area contributed by atoms with Crippen molar-refractivity contribution in [2.24, 2.45) is 11.7 Å². The van der Waals surface area contributed by atoms with Crippen LogP contribution in [0, 0.1) is 5.92 Å².